The fourth-order valence-corrected chi connectivity index (χ4v) is 2.19. The summed E-state index contributed by atoms with van der Waals surface area (Å²) in [4.78, 5) is 0. The van der Waals surface area contributed by atoms with Crippen molar-refractivity contribution in [1.82, 2.24) is 5.32 Å². The van der Waals surface area contributed by atoms with Crippen molar-refractivity contribution in [2.24, 2.45) is 5.73 Å². The summed E-state index contributed by atoms with van der Waals surface area (Å²) in [6, 6.07) is 1.12. The molecule has 1 fully saturated rings. The summed E-state index contributed by atoms with van der Waals surface area (Å²) >= 11 is 0. The summed E-state index contributed by atoms with van der Waals surface area (Å²) in [6.07, 6.45) is 8.53. The Balaban J connectivity index is 1.94. The molecular formula is C10H18N2. The van der Waals surface area contributed by atoms with E-state index in [0.717, 1.165) is 6.42 Å². The summed E-state index contributed by atoms with van der Waals surface area (Å²) in [5.41, 5.74) is 7.45. The Kier molecular flexibility index (Phi) is 2.47. The molecule has 2 atom stereocenters. The van der Waals surface area contributed by atoms with Gasteiger partial charge in [-0.3, -0.25) is 0 Å². The predicted octanol–water partition coefficient (Wildman–Crippen LogP) is 1.18. The molecule has 2 unspecified atom stereocenters. The lowest BCUT2D eigenvalue weighted by Gasteiger charge is -2.22. The lowest BCUT2D eigenvalue weighted by Crippen LogP contribution is -2.29. The van der Waals surface area contributed by atoms with Crippen LogP contribution < -0.4 is 11.1 Å². The third-order valence-corrected chi connectivity index (χ3v) is 2.99. The third kappa shape index (κ3) is 1.70. The molecule has 0 saturated carbocycles. The standard InChI is InChI=1S/C10H18N2/c11-9-5-3-8(4-6-9)10-2-1-7-12-10/h3,9-10,12H,1-2,4-7,11H2. The van der Waals surface area contributed by atoms with E-state index >= 15 is 0 Å². The van der Waals surface area contributed by atoms with Gasteiger partial charge in [-0.1, -0.05) is 11.6 Å². The summed E-state index contributed by atoms with van der Waals surface area (Å²) < 4.78 is 0. The van der Waals surface area contributed by atoms with E-state index in [1.165, 1.54) is 32.2 Å². The molecule has 2 heteroatoms. The molecule has 0 bridgehead atoms. The first-order chi connectivity index (χ1) is 5.86. The van der Waals surface area contributed by atoms with Gasteiger partial charge in [0.05, 0.1) is 0 Å². The first-order valence-corrected chi connectivity index (χ1v) is 5.04. The van der Waals surface area contributed by atoms with Gasteiger partial charge in [-0.15, -0.1) is 0 Å². The smallest absolute Gasteiger partial charge is 0.0279 e. The van der Waals surface area contributed by atoms with E-state index in [0.29, 0.717) is 12.1 Å². The fraction of sp³-hybridized carbons (Fsp3) is 0.800. The zero-order chi connectivity index (χ0) is 8.39. The lowest BCUT2D eigenvalue weighted by molar-refractivity contribution is 0.545. The van der Waals surface area contributed by atoms with Crippen molar-refractivity contribution in [3.63, 3.8) is 0 Å². The van der Waals surface area contributed by atoms with Gasteiger partial charge < -0.3 is 11.1 Å². The molecule has 3 N–H and O–H groups in total. The van der Waals surface area contributed by atoms with Gasteiger partial charge in [0.15, 0.2) is 0 Å². The van der Waals surface area contributed by atoms with Crippen LogP contribution in [0.1, 0.15) is 32.1 Å². The second kappa shape index (κ2) is 3.58. The van der Waals surface area contributed by atoms with Crippen LogP contribution >= 0.6 is 0 Å². The van der Waals surface area contributed by atoms with Crippen LogP contribution in [0.2, 0.25) is 0 Å². The highest BCUT2D eigenvalue weighted by molar-refractivity contribution is 5.16. The van der Waals surface area contributed by atoms with Gasteiger partial charge in [-0.25, -0.2) is 0 Å². The first kappa shape index (κ1) is 8.27. The molecular weight excluding hydrogens is 148 g/mol. The van der Waals surface area contributed by atoms with E-state index in [-0.39, 0.29) is 0 Å². The average Bonchev–Trinajstić information content (AvgIpc) is 2.58. The molecule has 0 spiro atoms. The Bertz CT molecular complexity index is 180. The molecule has 2 nitrogen and oxygen atoms in total. The zero-order valence-electron chi connectivity index (χ0n) is 7.55. The Hall–Kier alpha value is -0.340. The summed E-state index contributed by atoms with van der Waals surface area (Å²) in [6.45, 7) is 1.20. The van der Waals surface area contributed by atoms with E-state index < -0.39 is 0 Å². The quantitative estimate of drug-likeness (QED) is 0.574. The van der Waals surface area contributed by atoms with Crippen LogP contribution in [-0.2, 0) is 0 Å². The minimum Gasteiger partial charge on any atom is -0.327 e. The minimum absolute atomic E-state index is 0.426. The van der Waals surface area contributed by atoms with Gasteiger partial charge in [-0.2, -0.15) is 0 Å². The number of nitrogens with two attached hydrogens (primary N) is 1. The van der Waals surface area contributed by atoms with Crippen LogP contribution in [0.25, 0.3) is 0 Å². The molecule has 2 rings (SSSR count). The highest BCUT2D eigenvalue weighted by atomic mass is 14.9. The Labute approximate surface area is 74.2 Å². The van der Waals surface area contributed by atoms with Gasteiger partial charge in [0.2, 0.25) is 0 Å². The summed E-state index contributed by atoms with van der Waals surface area (Å²) in [5.74, 6) is 0. The van der Waals surface area contributed by atoms with E-state index in [4.69, 9.17) is 5.73 Å². The summed E-state index contributed by atoms with van der Waals surface area (Å²) in [7, 11) is 0. The molecule has 1 heterocycles. The van der Waals surface area contributed by atoms with E-state index in [1.807, 2.05) is 0 Å². The van der Waals surface area contributed by atoms with Crippen LogP contribution in [0, 0.1) is 0 Å². The van der Waals surface area contributed by atoms with Crippen molar-refractivity contribution in [3.05, 3.63) is 11.6 Å². The average molecular weight is 166 g/mol. The maximum atomic E-state index is 5.83. The second-order valence-electron chi connectivity index (χ2n) is 3.96. The predicted molar refractivity (Wildman–Crippen MR) is 50.9 cm³/mol. The fourth-order valence-electron chi connectivity index (χ4n) is 2.19. The van der Waals surface area contributed by atoms with Crippen molar-refractivity contribution in [1.29, 1.82) is 0 Å². The van der Waals surface area contributed by atoms with E-state index in [1.54, 1.807) is 5.57 Å². The highest BCUT2D eigenvalue weighted by Gasteiger charge is 2.21. The number of hydrogen-bond donors (Lipinski definition) is 2. The number of rotatable bonds is 1. The molecule has 1 aliphatic heterocycles. The lowest BCUT2D eigenvalue weighted by atomic mass is 9.91. The molecule has 0 aromatic rings. The topological polar surface area (TPSA) is 38.0 Å². The summed E-state index contributed by atoms with van der Waals surface area (Å²) in [5, 5.41) is 3.53. The van der Waals surface area contributed by atoms with Crippen molar-refractivity contribution >= 4 is 0 Å². The molecule has 1 saturated heterocycles. The molecule has 2 aliphatic rings. The Morgan fingerprint density at radius 2 is 2.33 bits per heavy atom. The molecule has 0 aromatic carbocycles. The van der Waals surface area contributed by atoms with Crippen LogP contribution in [0.4, 0.5) is 0 Å². The van der Waals surface area contributed by atoms with Crippen molar-refractivity contribution in [2.45, 2.75) is 44.2 Å². The molecule has 1 aliphatic carbocycles. The monoisotopic (exact) mass is 166 g/mol. The second-order valence-corrected chi connectivity index (χ2v) is 3.96. The van der Waals surface area contributed by atoms with E-state index in [9.17, 15) is 0 Å². The maximum absolute atomic E-state index is 5.83. The third-order valence-electron chi connectivity index (χ3n) is 2.99. The Morgan fingerprint density at radius 1 is 1.42 bits per heavy atom. The molecule has 12 heavy (non-hydrogen) atoms. The van der Waals surface area contributed by atoms with E-state index in [2.05, 4.69) is 11.4 Å². The maximum Gasteiger partial charge on any atom is 0.0279 e. The van der Waals surface area contributed by atoms with Crippen molar-refractivity contribution < 1.29 is 0 Å². The van der Waals surface area contributed by atoms with Crippen LogP contribution in [0.15, 0.2) is 11.6 Å². The normalized spacial score (nSPS) is 36.6. The van der Waals surface area contributed by atoms with Gasteiger partial charge in [0, 0.05) is 12.1 Å². The van der Waals surface area contributed by atoms with Crippen molar-refractivity contribution in [3.8, 4) is 0 Å². The number of hydrogen-bond acceptors (Lipinski definition) is 2. The molecule has 0 radical (unpaired) electrons. The van der Waals surface area contributed by atoms with Crippen molar-refractivity contribution in [2.75, 3.05) is 6.54 Å². The largest absolute Gasteiger partial charge is 0.327 e. The van der Waals surface area contributed by atoms with Crippen LogP contribution in [0.3, 0.4) is 0 Å². The van der Waals surface area contributed by atoms with Crippen LogP contribution in [0.5, 0.6) is 0 Å². The zero-order valence-corrected chi connectivity index (χ0v) is 7.55. The molecule has 0 amide bonds. The number of nitrogens with one attached hydrogen (secondary N) is 1. The first-order valence-electron chi connectivity index (χ1n) is 5.04. The highest BCUT2D eigenvalue weighted by Crippen LogP contribution is 2.24. The minimum atomic E-state index is 0.426. The Morgan fingerprint density at radius 3 is 2.92 bits per heavy atom. The molecule has 68 valence electrons. The van der Waals surface area contributed by atoms with Gasteiger partial charge in [-0.05, 0) is 38.6 Å². The SMILES string of the molecule is NC1CC=C(C2CCCN2)CC1. The van der Waals surface area contributed by atoms with Crippen LogP contribution in [-0.4, -0.2) is 18.6 Å². The van der Waals surface area contributed by atoms with Gasteiger partial charge >= 0.3 is 0 Å². The molecule has 0 aromatic heterocycles. The van der Waals surface area contributed by atoms with Gasteiger partial charge in [0.1, 0.15) is 0 Å². The van der Waals surface area contributed by atoms with Gasteiger partial charge in [0.25, 0.3) is 0 Å².